The first-order valence-electron chi connectivity index (χ1n) is 6.36. The minimum absolute atomic E-state index is 0.704. The SMILES string of the molecule is CCCNCc1ccc(Oc2cccnc2)cc1Cl. The Labute approximate surface area is 118 Å². The molecule has 100 valence electrons. The predicted octanol–water partition coefficient (Wildman–Crippen LogP) is 4.03. The standard InChI is InChI=1S/C15H17ClN2O/c1-2-7-17-10-12-5-6-13(9-15(12)16)19-14-4-3-8-18-11-14/h3-6,8-9,11,17H,2,7,10H2,1H3. The van der Waals surface area contributed by atoms with Crippen LogP contribution in [0.5, 0.6) is 11.5 Å². The lowest BCUT2D eigenvalue weighted by molar-refractivity contribution is 0.480. The van der Waals surface area contributed by atoms with Crippen molar-refractivity contribution in [2.24, 2.45) is 0 Å². The summed E-state index contributed by atoms with van der Waals surface area (Å²) in [5.74, 6) is 1.42. The van der Waals surface area contributed by atoms with E-state index in [-0.39, 0.29) is 0 Å². The molecule has 0 atom stereocenters. The monoisotopic (exact) mass is 276 g/mol. The maximum absolute atomic E-state index is 6.24. The first-order chi connectivity index (χ1) is 9.29. The first-order valence-corrected chi connectivity index (χ1v) is 6.74. The zero-order valence-corrected chi connectivity index (χ0v) is 11.7. The smallest absolute Gasteiger partial charge is 0.145 e. The Balaban J connectivity index is 2.02. The molecule has 2 rings (SSSR count). The van der Waals surface area contributed by atoms with Gasteiger partial charge in [0.15, 0.2) is 0 Å². The van der Waals surface area contributed by atoms with Crippen molar-refractivity contribution < 1.29 is 4.74 Å². The summed E-state index contributed by atoms with van der Waals surface area (Å²) in [4.78, 5) is 4.00. The molecule has 2 aromatic rings. The molecule has 3 nitrogen and oxygen atoms in total. The number of nitrogens with zero attached hydrogens (tertiary/aromatic N) is 1. The Bertz CT molecular complexity index is 517. The van der Waals surface area contributed by atoms with Gasteiger partial charge >= 0.3 is 0 Å². The zero-order chi connectivity index (χ0) is 13.5. The number of ether oxygens (including phenoxy) is 1. The summed E-state index contributed by atoms with van der Waals surface area (Å²) in [5, 5.41) is 4.04. The van der Waals surface area contributed by atoms with Crippen LogP contribution in [-0.2, 0) is 6.54 Å². The highest BCUT2D eigenvalue weighted by Crippen LogP contribution is 2.26. The molecule has 0 radical (unpaired) electrons. The third-order valence-corrected chi connectivity index (χ3v) is 2.99. The number of benzene rings is 1. The Hall–Kier alpha value is -1.58. The van der Waals surface area contributed by atoms with Crippen LogP contribution in [0.25, 0.3) is 0 Å². The van der Waals surface area contributed by atoms with Crippen LogP contribution in [0.15, 0.2) is 42.7 Å². The molecular formula is C15H17ClN2O. The van der Waals surface area contributed by atoms with Gasteiger partial charge in [-0.05, 0) is 42.8 Å². The van der Waals surface area contributed by atoms with Gasteiger partial charge in [0.25, 0.3) is 0 Å². The topological polar surface area (TPSA) is 34.1 Å². The van der Waals surface area contributed by atoms with Crippen molar-refractivity contribution >= 4 is 11.6 Å². The Kier molecular flexibility index (Phi) is 5.19. The lowest BCUT2D eigenvalue weighted by Gasteiger charge is -2.09. The van der Waals surface area contributed by atoms with Crippen molar-refractivity contribution in [1.29, 1.82) is 0 Å². The van der Waals surface area contributed by atoms with Crippen LogP contribution in [0.2, 0.25) is 5.02 Å². The normalized spacial score (nSPS) is 10.4. The van der Waals surface area contributed by atoms with Gasteiger partial charge in [-0.2, -0.15) is 0 Å². The van der Waals surface area contributed by atoms with Gasteiger partial charge in [0.2, 0.25) is 0 Å². The van der Waals surface area contributed by atoms with Crippen LogP contribution < -0.4 is 10.1 Å². The molecular weight excluding hydrogens is 260 g/mol. The highest BCUT2D eigenvalue weighted by atomic mass is 35.5. The van der Waals surface area contributed by atoms with Crippen molar-refractivity contribution in [3.63, 3.8) is 0 Å². The minimum atomic E-state index is 0.704. The fourth-order valence-electron chi connectivity index (χ4n) is 1.68. The summed E-state index contributed by atoms with van der Waals surface area (Å²) in [6.07, 6.45) is 4.49. The van der Waals surface area contributed by atoms with Gasteiger partial charge in [-0.15, -0.1) is 0 Å². The number of pyridine rings is 1. The summed E-state index contributed by atoms with van der Waals surface area (Å²) >= 11 is 6.24. The average Bonchev–Trinajstić information content (AvgIpc) is 2.43. The van der Waals surface area contributed by atoms with E-state index in [2.05, 4.69) is 17.2 Å². The van der Waals surface area contributed by atoms with Crippen molar-refractivity contribution in [2.45, 2.75) is 19.9 Å². The fourth-order valence-corrected chi connectivity index (χ4v) is 1.92. The number of hydrogen-bond donors (Lipinski definition) is 1. The van der Waals surface area contributed by atoms with Crippen LogP contribution in [0.1, 0.15) is 18.9 Å². The number of nitrogens with one attached hydrogen (secondary N) is 1. The van der Waals surface area contributed by atoms with Gasteiger partial charge < -0.3 is 10.1 Å². The van der Waals surface area contributed by atoms with Crippen LogP contribution in [0.3, 0.4) is 0 Å². The van der Waals surface area contributed by atoms with Crippen LogP contribution in [-0.4, -0.2) is 11.5 Å². The number of rotatable bonds is 6. The summed E-state index contributed by atoms with van der Waals surface area (Å²) in [6.45, 7) is 3.91. The first kappa shape index (κ1) is 13.8. The molecule has 1 aromatic carbocycles. The van der Waals surface area contributed by atoms with Crippen LogP contribution >= 0.6 is 11.6 Å². The summed E-state index contributed by atoms with van der Waals surface area (Å²) < 4.78 is 5.67. The van der Waals surface area contributed by atoms with E-state index in [0.717, 1.165) is 30.8 Å². The molecule has 4 heteroatoms. The van der Waals surface area contributed by atoms with Gasteiger partial charge in [0.05, 0.1) is 6.20 Å². The Morgan fingerprint density at radius 1 is 1.26 bits per heavy atom. The van der Waals surface area contributed by atoms with E-state index in [4.69, 9.17) is 16.3 Å². The summed E-state index contributed by atoms with van der Waals surface area (Å²) in [6, 6.07) is 9.42. The molecule has 0 saturated carbocycles. The van der Waals surface area contributed by atoms with Crippen LogP contribution in [0, 0.1) is 0 Å². The van der Waals surface area contributed by atoms with Crippen LogP contribution in [0.4, 0.5) is 0 Å². The van der Waals surface area contributed by atoms with Crippen molar-refractivity contribution in [2.75, 3.05) is 6.54 Å². The Morgan fingerprint density at radius 3 is 2.84 bits per heavy atom. The van der Waals surface area contributed by atoms with Gasteiger partial charge in [0.1, 0.15) is 11.5 Å². The van der Waals surface area contributed by atoms with Crippen molar-refractivity contribution in [1.82, 2.24) is 10.3 Å². The molecule has 0 aliphatic heterocycles. The number of halogens is 1. The third kappa shape index (κ3) is 4.23. The van der Waals surface area contributed by atoms with E-state index in [1.807, 2.05) is 30.3 Å². The molecule has 0 aliphatic rings. The molecule has 0 fully saturated rings. The third-order valence-electron chi connectivity index (χ3n) is 2.64. The average molecular weight is 277 g/mol. The van der Waals surface area contributed by atoms with E-state index in [9.17, 15) is 0 Å². The molecule has 0 unspecified atom stereocenters. The second kappa shape index (κ2) is 7.12. The second-order valence-corrected chi connectivity index (χ2v) is 4.63. The van der Waals surface area contributed by atoms with E-state index in [1.54, 1.807) is 12.4 Å². The molecule has 0 spiro atoms. The largest absolute Gasteiger partial charge is 0.456 e. The van der Waals surface area contributed by atoms with Crippen molar-refractivity contribution in [3.8, 4) is 11.5 Å². The molecule has 1 aromatic heterocycles. The molecule has 1 heterocycles. The molecule has 0 saturated heterocycles. The molecule has 1 N–H and O–H groups in total. The maximum Gasteiger partial charge on any atom is 0.145 e. The summed E-state index contributed by atoms with van der Waals surface area (Å²) in [7, 11) is 0. The van der Waals surface area contributed by atoms with E-state index in [1.165, 1.54) is 0 Å². The maximum atomic E-state index is 6.24. The lowest BCUT2D eigenvalue weighted by Crippen LogP contribution is -2.13. The van der Waals surface area contributed by atoms with Gasteiger partial charge in [-0.25, -0.2) is 0 Å². The van der Waals surface area contributed by atoms with Gasteiger partial charge in [-0.1, -0.05) is 24.6 Å². The van der Waals surface area contributed by atoms with E-state index >= 15 is 0 Å². The number of aromatic nitrogens is 1. The molecule has 0 amide bonds. The van der Waals surface area contributed by atoms with Gasteiger partial charge in [0, 0.05) is 17.8 Å². The van der Waals surface area contributed by atoms with Gasteiger partial charge in [-0.3, -0.25) is 4.98 Å². The van der Waals surface area contributed by atoms with E-state index in [0.29, 0.717) is 10.8 Å². The molecule has 0 aliphatic carbocycles. The highest BCUT2D eigenvalue weighted by molar-refractivity contribution is 6.31. The summed E-state index contributed by atoms with van der Waals surface area (Å²) in [5.41, 5.74) is 1.08. The quantitative estimate of drug-likeness (QED) is 0.809. The predicted molar refractivity (Wildman–Crippen MR) is 77.8 cm³/mol. The Morgan fingerprint density at radius 2 is 2.16 bits per heavy atom. The second-order valence-electron chi connectivity index (χ2n) is 4.22. The minimum Gasteiger partial charge on any atom is -0.456 e. The molecule has 19 heavy (non-hydrogen) atoms. The number of hydrogen-bond acceptors (Lipinski definition) is 3. The zero-order valence-electron chi connectivity index (χ0n) is 10.9. The molecule has 0 bridgehead atoms. The lowest BCUT2D eigenvalue weighted by atomic mass is 10.2. The van der Waals surface area contributed by atoms with Crippen molar-refractivity contribution in [3.05, 3.63) is 53.3 Å². The highest BCUT2D eigenvalue weighted by Gasteiger charge is 2.03. The fraction of sp³-hybridized carbons (Fsp3) is 0.267. The van der Waals surface area contributed by atoms with E-state index < -0.39 is 0 Å².